The molecule has 1 heterocycles. The summed E-state index contributed by atoms with van der Waals surface area (Å²) in [6.45, 7) is 8.95. The highest BCUT2D eigenvalue weighted by Crippen LogP contribution is 2.28. The Kier molecular flexibility index (Phi) is 7.09. The van der Waals surface area contributed by atoms with Crippen LogP contribution >= 0.6 is 11.8 Å². The Morgan fingerprint density at radius 2 is 1.75 bits per heavy atom. The molecule has 166 valence electrons. The van der Waals surface area contributed by atoms with E-state index in [1.807, 2.05) is 45.0 Å². The van der Waals surface area contributed by atoms with Gasteiger partial charge in [0.25, 0.3) is 5.56 Å². The molecule has 0 spiro atoms. The van der Waals surface area contributed by atoms with Gasteiger partial charge in [0.2, 0.25) is 11.8 Å². The van der Waals surface area contributed by atoms with Crippen LogP contribution in [0.2, 0.25) is 0 Å². The van der Waals surface area contributed by atoms with Crippen LogP contribution in [-0.4, -0.2) is 32.2 Å². The van der Waals surface area contributed by atoms with Gasteiger partial charge in [-0.1, -0.05) is 36.0 Å². The zero-order valence-electron chi connectivity index (χ0n) is 18.6. The molecule has 0 aliphatic rings. The normalized spacial score (nSPS) is 11.7. The number of carbonyl (C=O) groups is 2. The van der Waals surface area contributed by atoms with Gasteiger partial charge in [0, 0.05) is 18.2 Å². The summed E-state index contributed by atoms with van der Waals surface area (Å²) in [7, 11) is 0. The highest BCUT2D eigenvalue weighted by molar-refractivity contribution is 8.00. The number of rotatable bonds is 6. The summed E-state index contributed by atoms with van der Waals surface area (Å²) in [6, 6.07) is 11.0. The lowest BCUT2D eigenvalue weighted by Gasteiger charge is -2.13. The largest absolute Gasteiger partial charge is 0.325 e. The van der Waals surface area contributed by atoms with E-state index in [9.17, 15) is 14.4 Å². The molecule has 32 heavy (non-hydrogen) atoms. The van der Waals surface area contributed by atoms with Crippen molar-refractivity contribution in [3.8, 4) is 11.3 Å². The van der Waals surface area contributed by atoms with Crippen molar-refractivity contribution < 1.29 is 9.59 Å². The van der Waals surface area contributed by atoms with E-state index in [4.69, 9.17) is 0 Å². The van der Waals surface area contributed by atoms with Crippen LogP contribution in [0.1, 0.15) is 30.5 Å². The van der Waals surface area contributed by atoms with Crippen molar-refractivity contribution in [2.45, 2.75) is 45.0 Å². The number of amides is 2. The van der Waals surface area contributed by atoms with E-state index >= 15 is 0 Å². The first-order chi connectivity index (χ1) is 15.2. The molecule has 2 amide bonds. The van der Waals surface area contributed by atoms with Gasteiger partial charge in [-0.15, -0.1) is 10.2 Å². The molecule has 0 bridgehead atoms. The number of aryl methyl sites for hydroxylation is 3. The summed E-state index contributed by atoms with van der Waals surface area (Å²) in [5.74, 6) is -0.461. The molecule has 1 aromatic heterocycles. The van der Waals surface area contributed by atoms with Crippen LogP contribution in [-0.2, 0) is 9.59 Å². The van der Waals surface area contributed by atoms with Crippen LogP contribution in [0.4, 0.5) is 11.4 Å². The Labute approximate surface area is 190 Å². The number of nitrogens with one attached hydrogen (secondary N) is 3. The third-order valence-corrected chi connectivity index (χ3v) is 5.91. The second-order valence-corrected chi connectivity index (χ2v) is 8.86. The zero-order valence-corrected chi connectivity index (χ0v) is 19.4. The minimum absolute atomic E-state index is 0.0917. The van der Waals surface area contributed by atoms with E-state index in [-0.39, 0.29) is 22.7 Å². The van der Waals surface area contributed by atoms with Crippen LogP contribution in [0.25, 0.3) is 11.3 Å². The molecule has 1 unspecified atom stereocenters. The molecule has 2 aromatic carbocycles. The van der Waals surface area contributed by atoms with Crippen molar-refractivity contribution in [3.05, 3.63) is 63.4 Å². The molecule has 0 aliphatic carbocycles. The van der Waals surface area contributed by atoms with Gasteiger partial charge in [-0.3, -0.25) is 19.4 Å². The predicted octanol–water partition coefficient (Wildman–Crippen LogP) is 3.83. The first-order valence-corrected chi connectivity index (χ1v) is 10.9. The van der Waals surface area contributed by atoms with Crippen LogP contribution in [0.5, 0.6) is 0 Å². The van der Waals surface area contributed by atoms with Gasteiger partial charge >= 0.3 is 0 Å². The fraction of sp³-hybridized carbons (Fsp3) is 0.261. The van der Waals surface area contributed by atoms with Crippen molar-refractivity contribution in [2.24, 2.45) is 0 Å². The summed E-state index contributed by atoms with van der Waals surface area (Å²) in [5.41, 5.74) is 4.37. The Morgan fingerprint density at radius 1 is 1.00 bits per heavy atom. The lowest BCUT2D eigenvalue weighted by molar-refractivity contribution is -0.115. The number of aromatic nitrogens is 3. The molecular formula is C23H25N5O3S. The van der Waals surface area contributed by atoms with Gasteiger partial charge in [-0.2, -0.15) is 0 Å². The number of hydrogen-bond acceptors (Lipinski definition) is 6. The fourth-order valence-corrected chi connectivity index (χ4v) is 3.78. The minimum atomic E-state index is -0.513. The Hall–Kier alpha value is -3.46. The van der Waals surface area contributed by atoms with Crippen LogP contribution < -0.4 is 16.2 Å². The van der Waals surface area contributed by atoms with E-state index in [1.165, 1.54) is 6.92 Å². The minimum Gasteiger partial charge on any atom is -0.325 e. The predicted molar refractivity (Wildman–Crippen MR) is 127 cm³/mol. The highest BCUT2D eigenvalue weighted by Gasteiger charge is 2.19. The number of nitrogens with zero attached hydrogens (tertiary/aromatic N) is 2. The molecular weight excluding hydrogens is 426 g/mol. The highest BCUT2D eigenvalue weighted by atomic mass is 32.2. The Morgan fingerprint density at radius 3 is 2.41 bits per heavy atom. The maximum atomic E-state index is 12.7. The maximum Gasteiger partial charge on any atom is 0.278 e. The average molecular weight is 452 g/mol. The first kappa shape index (κ1) is 23.2. The second-order valence-electron chi connectivity index (χ2n) is 7.53. The lowest BCUT2D eigenvalue weighted by Crippen LogP contribution is -2.24. The average Bonchev–Trinajstić information content (AvgIpc) is 2.72. The number of H-pyrrole nitrogens is 1. The number of para-hydroxylation sites is 1. The number of aromatic amines is 1. The molecule has 0 radical (unpaired) electrons. The number of thioether (sulfide) groups is 1. The summed E-state index contributed by atoms with van der Waals surface area (Å²) in [5, 5.41) is 13.5. The summed E-state index contributed by atoms with van der Waals surface area (Å²) >= 11 is 1.10. The molecule has 8 nitrogen and oxygen atoms in total. The van der Waals surface area contributed by atoms with E-state index in [1.54, 1.807) is 19.1 Å². The molecule has 0 saturated heterocycles. The molecule has 0 aliphatic heterocycles. The van der Waals surface area contributed by atoms with Gasteiger partial charge in [0.15, 0.2) is 10.9 Å². The quantitative estimate of drug-likeness (QED) is 0.490. The van der Waals surface area contributed by atoms with E-state index in [0.717, 1.165) is 28.5 Å². The smallest absolute Gasteiger partial charge is 0.278 e. The summed E-state index contributed by atoms with van der Waals surface area (Å²) in [6.07, 6.45) is 0. The molecule has 3 aromatic rings. The van der Waals surface area contributed by atoms with Crippen molar-refractivity contribution >= 4 is 35.0 Å². The Balaban J connectivity index is 1.78. The monoisotopic (exact) mass is 451 g/mol. The van der Waals surface area contributed by atoms with Crippen molar-refractivity contribution in [1.29, 1.82) is 0 Å². The molecule has 3 N–H and O–H groups in total. The van der Waals surface area contributed by atoms with E-state index < -0.39 is 10.8 Å². The van der Waals surface area contributed by atoms with Gasteiger partial charge < -0.3 is 10.6 Å². The van der Waals surface area contributed by atoms with Crippen molar-refractivity contribution in [1.82, 2.24) is 15.2 Å². The van der Waals surface area contributed by atoms with Crippen molar-refractivity contribution in [3.63, 3.8) is 0 Å². The van der Waals surface area contributed by atoms with Gasteiger partial charge in [0.05, 0.1) is 10.9 Å². The molecule has 3 rings (SSSR count). The topological polar surface area (TPSA) is 117 Å². The SMILES string of the molecule is CC(=O)Nc1c(C)cccc1-c1nnc(SC(C)C(=O)Nc2ccc(C)c(C)c2)[nH]c1=O. The zero-order chi connectivity index (χ0) is 23.4. The third-order valence-electron chi connectivity index (χ3n) is 4.94. The standard InChI is InChI=1S/C23H25N5O3S/c1-12-9-10-17(11-14(12)3)25-21(30)15(4)32-23-26-22(31)20(27-28-23)18-8-6-7-13(2)19(18)24-16(5)29/h6-11,15H,1-5H3,(H,24,29)(H,25,30)(H,26,28,31). The third kappa shape index (κ3) is 5.42. The first-order valence-electron chi connectivity index (χ1n) is 10.0. The summed E-state index contributed by atoms with van der Waals surface area (Å²) < 4.78 is 0. The van der Waals surface area contributed by atoms with Crippen LogP contribution in [0.3, 0.4) is 0 Å². The van der Waals surface area contributed by atoms with Crippen LogP contribution in [0, 0.1) is 20.8 Å². The molecule has 9 heteroatoms. The number of anilines is 2. The van der Waals surface area contributed by atoms with Gasteiger partial charge in [-0.05, 0) is 56.5 Å². The van der Waals surface area contributed by atoms with E-state index in [0.29, 0.717) is 16.9 Å². The molecule has 0 saturated carbocycles. The molecule has 1 atom stereocenters. The Bertz CT molecular complexity index is 1240. The summed E-state index contributed by atoms with van der Waals surface area (Å²) in [4.78, 5) is 39.5. The van der Waals surface area contributed by atoms with Crippen LogP contribution in [0.15, 0.2) is 46.3 Å². The number of carbonyl (C=O) groups excluding carboxylic acids is 2. The maximum absolute atomic E-state index is 12.7. The second kappa shape index (κ2) is 9.78. The fourth-order valence-electron chi connectivity index (χ4n) is 3.04. The van der Waals surface area contributed by atoms with E-state index in [2.05, 4.69) is 25.8 Å². The number of benzene rings is 2. The lowest BCUT2D eigenvalue weighted by atomic mass is 10.1. The van der Waals surface area contributed by atoms with Gasteiger partial charge in [-0.25, -0.2) is 0 Å². The number of hydrogen-bond donors (Lipinski definition) is 3. The molecule has 0 fully saturated rings. The van der Waals surface area contributed by atoms with Crippen molar-refractivity contribution in [2.75, 3.05) is 10.6 Å². The van der Waals surface area contributed by atoms with Gasteiger partial charge in [0.1, 0.15) is 0 Å².